The lowest BCUT2D eigenvalue weighted by molar-refractivity contribution is -0.144. The maximum atomic E-state index is 13.2. The number of rotatable bonds is 8. The Morgan fingerprint density at radius 2 is 2.03 bits per heavy atom. The zero-order chi connectivity index (χ0) is 25.4. The summed E-state index contributed by atoms with van der Waals surface area (Å²) in [6.07, 6.45) is 0.212. The highest BCUT2D eigenvalue weighted by molar-refractivity contribution is 7.91. The van der Waals surface area contributed by atoms with Gasteiger partial charge in [-0.3, -0.25) is 9.59 Å². The fourth-order valence-electron chi connectivity index (χ4n) is 3.82. The second-order valence-electron chi connectivity index (χ2n) is 8.89. The van der Waals surface area contributed by atoms with Crippen LogP contribution in [0.1, 0.15) is 37.9 Å². The molecule has 188 valence electrons. The highest BCUT2D eigenvalue weighted by atomic mass is 35.5. The lowest BCUT2D eigenvalue weighted by Gasteiger charge is -2.32. The number of halogens is 1. The summed E-state index contributed by atoms with van der Waals surface area (Å²) in [6.45, 7) is 6.52. The number of benzene rings is 1. The molecule has 1 amide bonds. The number of sulfonamides is 1. The number of carbonyl (C=O) groups excluding carboxylic acids is 2. The first-order chi connectivity index (χ1) is 16.5. The molecule has 0 spiro atoms. The number of amides is 1. The van der Waals surface area contributed by atoms with Crippen molar-refractivity contribution in [2.45, 2.75) is 43.4 Å². The van der Waals surface area contributed by atoms with Crippen LogP contribution in [0.5, 0.6) is 0 Å². The average molecular weight is 556 g/mol. The van der Waals surface area contributed by atoms with Gasteiger partial charge in [-0.05, 0) is 30.5 Å². The van der Waals surface area contributed by atoms with Crippen LogP contribution < -0.4 is 0 Å². The van der Waals surface area contributed by atoms with Gasteiger partial charge in [0.1, 0.15) is 9.22 Å². The first kappa shape index (κ1) is 26.0. The molecule has 8 nitrogen and oxygen atoms in total. The molecule has 1 saturated heterocycles. The van der Waals surface area contributed by atoms with Crippen molar-refractivity contribution in [2.75, 3.05) is 26.2 Å². The van der Waals surface area contributed by atoms with Crippen LogP contribution >= 0.6 is 34.3 Å². The van der Waals surface area contributed by atoms with Gasteiger partial charge in [0.2, 0.25) is 5.91 Å². The van der Waals surface area contributed by atoms with Crippen LogP contribution in [-0.2, 0) is 36.3 Å². The summed E-state index contributed by atoms with van der Waals surface area (Å²) in [6, 6.07) is 6.86. The van der Waals surface area contributed by atoms with E-state index < -0.39 is 15.4 Å². The summed E-state index contributed by atoms with van der Waals surface area (Å²) in [5.74, 6) is -0.548. The molecule has 3 heterocycles. The van der Waals surface area contributed by atoms with E-state index >= 15 is 0 Å². The highest BCUT2D eigenvalue weighted by Crippen LogP contribution is 2.33. The van der Waals surface area contributed by atoms with Gasteiger partial charge < -0.3 is 9.64 Å². The number of hydrogen-bond donors (Lipinski definition) is 0. The van der Waals surface area contributed by atoms with Crippen molar-refractivity contribution in [2.24, 2.45) is 0 Å². The molecule has 0 radical (unpaired) electrons. The largest absolute Gasteiger partial charge is 0.466 e. The van der Waals surface area contributed by atoms with Crippen LogP contribution in [0.4, 0.5) is 0 Å². The third-order valence-electron chi connectivity index (χ3n) is 5.80. The van der Waals surface area contributed by atoms with E-state index in [0.29, 0.717) is 18.2 Å². The van der Waals surface area contributed by atoms with E-state index in [0.717, 1.165) is 32.1 Å². The number of fused-ring (bicyclic) bond motifs is 1. The Morgan fingerprint density at radius 3 is 2.74 bits per heavy atom. The van der Waals surface area contributed by atoms with Crippen molar-refractivity contribution < 1.29 is 22.7 Å². The van der Waals surface area contributed by atoms with Gasteiger partial charge in [-0.2, -0.15) is 4.31 Å². The summed E-state index contributed by atoms with van der Waals surface area (Å²) in [5.41, 5.74) is 0.274. The molecule has 1 aliphatic heterocycles. The molecule has 0 aliphatic carbocycles. The summed E-state index contributed by atoms with van der Waals surface area (Å²) < 4.78 is 33.6. The number of aromatic nitrogens is 1. The lowest BCUT2D eigenvalue weighted by atomic mass is 9.86. The van der Waals surface area contributed by atoms with Crippen molar-refractivity contribution >= 4 is 66.3 Å². The fourth-order valence-corrected chi connectivity index (χ4v) is 8.03. The number of hydrogen-bond acceptors (Lipinski definition) is 8. The molecular weight excluding hydrogens is 530 g/mol. The van der Waals surface area contributed by atoms with Crippen LogP contribution in [0.25, 0.3) is 10.1 Å². The van der Waals surface area contributed by atoms with Crippen LogP contribution in [0.3, 0.4) is 0 Å². The summed E-state index contributed by atoms with van der Waals surface area (Å²) in [4.78, 5) is 31.0. The van der Waals surface area contributed by atoms with E-state index in [2.05, 4.69) is 4.98 Å². The molecule has 12 heteroatoms. The van der Waals surface area contributed by atoms with E-state index in [1.807, 2.05) is 19.2 Å². The van der Waals surface area contributed by atoms with Crippen molar-refractivity contribution in [3.8, 4) is 0 Å². The quantitative estimate of drug-likeness (QED) is 0.385. The van der Waals surface area contributed by atoms with Crippen LogP contribution in [0.2, 0.25) is 5.02 Å². The molecule has 0 unspecified atom stereocenters. The van der Waals surface area contributed by atoms with Gasteiger partial charge in [-0.1, -0.05) is 31.5 Å². The molecule has 0 atom stereocenters. The Labute approximate surface area is 217 Å². The minimum Gasteiger partial charge on any atom is -0.466 e. The maximum Gasteiger partial charge on any atom is 0.306 e. The van der Waals surface area contributed by atoms with Gasteiger partial charge in [0.25, 0.3) is 10.0 Å². The molecule has 1 fully saturated rings. The zero-order valence-corrected chi connectivity index (χ0v) is 22.8. The Morgan fingerprint density at radius 1 is 1.26 bits per heavy atom. The van der Waals surface area contributed by atoms with E-state index in [1.165, 1.54) is 15.6 Å². The number of thiazole rings is 1. The summed E-state index contributed by atoms with van der Waals surface area (Å²) in [5, 5.41) is 3.98. The predicted molar refractivity (Wildman–Crippen MR) is 137 cm³/mol. The van der Waals surface area contributed by atoms with E-state index in [9.17, 15) is 18.0 Å². The van der Waals surface area contributed by atoms with Gasteiger partial charge in [0.15, 0.2) is 0 Å². The van der Waals surface area contributed by atoms with Gasteiger partial charge in [-0.15, -0.1) is 22.7 Å². The highest BCUT2D eigenvalue weighted by Gasteiger charge is 2.34. The number of esters is 1. The number of ether oxygens (including phenoxy) is 1. The number of thiophene rings is 1. The van der Waals surface area contributed by atoms with Gasteiger partial charge >= 0.3 is 5.97 Å². The standard InChI is InChI=1S/C23H26ClN3O5S3/c1-4-32-21(29)11-23(2,3)18-14-33-19(25-18)12-26-7-8-27(13-20(26)28)35(30,31)22-9-15-5-6-16(24)10-17(15)34-22/h5-6,9-10,14H,4,7-8,11-13H2,1-3H3. The Hall–Kier alpha value is -2.05. The minimum atomic E-state index is -3.79. The first-order valence-electron chi connectivity index (χ1n) is 11.1. The fraction of sp³-hybridized carbons (Fsp3) is 0.435. The van der Waals surface area contributed by atoms with Crippen molar-refractivity contribution in [1.29, 1.82) is 0 Å². The third-order valence-corrected chi connectivity index (χ3v) is 10.3. The molecule has 0 bridgehead atoms. The smallest absolute Gasteiger partial charge is 0.306 e. The Bertz CT molecular complexity index is 1370. The molecule has 1 aliphatic rings. The minimum absolute atomic E-state index is 0.199. The van der Waals surface area contributed by atoms with Crippen molar-refractivity contribution in [1.82, 2.24) is 14.2 Å². The summed E-state index contributed by atoms with van der Waals surface area (Å²) >= 11 is 8.60. The van der Waals surface area contributed by atoms with Gasteiger partial charge in [0.05, 0.1) is 31.8 Å². The van der Waals surface area contributed by atoms with Crippen LogP contribution in [0, 0.1) is 0 Å². The molecule has 3 aromatic rings. The second kappa shape index (κ2) is 10.1. The zero-order valence-electron chi connectivity index (χ0n) is 19.6. The van der Waals surface area contributed by atoms with Gasteiger partial charge in [0, 0.05) is 33.6 Å². The normalized spacial score (nSPS) is 15.7. The molecule has 4 rings (SSSR count). The van der Waals surface area contributed by atoms with E-state index in [4.69, 9.17) is 16.3 Å². The monoisotopic (exact) mass is 555 g/mol. The van der Waals surface area contributed by atoms with E-state index in [-0.39, 0.29) is 42.1 Å². The molecule has 1 aromatic carbocycles. The molecule has 2 aromatic heterocycles. The SMILES string of the molecule is CCOC(=O)CC(C)(C)c1csc(CN2CCN(S(=O)(=O)c3cc4ccc(Cl)cc4s3)CC2=O)n1. The average Bonchev–Trinajstić information content (AvgIpc) is 3.42. The molecule has 0 N–H and O–H groups in total. The number of carbonyl (C=O) groups is 2. The number of nitrogens with zero attached hydrogens (tertiary/aromatic N) is 3. The lowest BCUT2D eigenvalue weighted by Crippen LogP contribution is -2.51. The van der Waals surface area contributed by atoms with E-state index in [1.54, 1.807) is 36.1 Å². The molecule has 35 heavy (non-hydrogen) atoms. The predicted octanol–water partition coefficient (Wildman–Crippen LogP) is 4.28. The molecular formula is C23H26ClN3O5S3. The summed E-state index contributed by atoms with van der Waals surface area (Å²) in [7, 11) is -3.79. The van der Waals surface area contributed by atoms with Crippen LogP contribution in [-0.4, -0.2) is 60.7 Å². The van der Waals surface area contributed by atoms with Crippen LogP contribution in [0.15, 0.2) is 33.9 Å². The Balaban J connectivity index is 1.41. The van der Waals surface area contributed by atoms with Crippen molar-refractivity contribution in [3.63, 3.8) is 0 Å². The van der Waals surface area contributed by atoms with Gasteiger partial charge in [-0.25, -0.2) is 13.4 Å². The first-order valence-corrected chi connectivity index (χ1v) is 14.6. The Kier molecular flexibility index (Phi) is 7.54. The number of piperazine rings is 1. The topological polar surface area (TPSA) is 96.9 Å². The second-order valence-corrected chi connectivity index (χ2v) is 13.5. The third kappa shape index (κ3) is 5.69. The molecule has 0 saturated carbocycles. The maximum absolute atomic E-state index is 13.2. The van der Waals surface area contributed by atoms with Crippen molar-refractivity contribution in [3.05, 3.63) is 45.4 Å².